The predicted octanol–water partition coefficient (Wildman–Crippen LogP) is 7.15. The number of hydrogen-bond donors (Lipinski definition) is 3. The van der Waals surface area contributed by atoms with E-state index in [4.69, 9.17) is 4.74 Å². The Morgan fingerprint density at radius 1 is 0.860 bits per heavy atom. The van der Waals surface area contributed by atoms with Crippen LogP contribution in [0.4, 0.5) is 35.0 Å². The monoisotopic (exact) mass is 596 g/mol. The molecular formula is C32H35F3N4O4. The van der Waals surface area contributed by atoms with Crippen LogP contribution in [0.15, 0.2) is 66.7 Å². The summed E-state index contributed by atoms with van der Waals surface area (Å²) in [6.07, 6.45) is -3.11. The number of methoxy groups -OCH3 is 1. The first-order chi connectivity index (χ1) is 20.2. The number of halogens is 3. The van der Waals surface area contributed by atoms with E-state index in [1.165, 1.54) is 19.2 Å². The number of rotatable bonds is 6. The molecule has 3 aromatic rings. The quantitative estimate of drug-likeness (QED) is 0.263. The van der Waals surface area contributed by atoms with Crippen LogP contribution in [0.3, 0.4) is 0 Å². The zero-order valence-corrected chi connectivity index (χ0v) is 24.5. The Kier molecular flexibility index (Phi) is 9.32. The van der Waals surface area contributed by atoms with E-state index in [1.54, 1.807) is 35.2 Å². The standard InChI is InChI=1S/C32H35F3N4O4/c1-31(2,3)21-9-7-20(8-10-21)28(40)37-24-15-16-26(29(41)43-4)27(18-24)36-25-6-5-17-39(19-25)30(42)38-23-13-11-22(12-14-23)32(33,34)35/h7-16,18,25,36H,5-6,17,19H2,1-4H3,(H,37,40)(H,38,42). The highest BCUT2D eigenvalue weighted by molar-refractivity contribution is 6.05. The van der Waals surface area contributed by atoms with E-state index in [-0.39, 0.29) is 35.2 Å². The van der Waals surface area contributed by atoms with Crippen molar-refractivity contribution >= 4 is 35.0 Å². The topological polar surface area (TPSA) is 99.8 Å². The second kappa shape index (κ2) is 12.8. The van der Waals surface area contributed by atoms with Crippen molar-refractivity contribution in [2.24, 2.45) is 0 Å². The van der Waals surface area contributed by atoms with Gasteiger partial charge in [-0.15, -0.1) is 0 Å². The number of anilines is 3. The number of hydrogen-bond acceptors (Lipinski definition) is 5. The molecular weight excluding hydrogens is 561 g/mol. The molecule has 0 bridgehead atoms. The number of carbonyl (C=O) groups is 3. The summed E-state index contributed by atoms with van der Waals surface area (Å²) in [6, 6.07) is 15.8. The smallest absolute Gasteiger partial charge is 0.416 e. The van der Waals surface area contributed by atoms with Gasteiger partial charge in [0.15, 0.2) is 0 Å². The molecule has 3 amide bonds. The van der Waals surface area contributed by atoms with Gasteiger partial charge in [0.05, 0.1) is 23.9 Å². The van der Waals surface area contributed by atoms with Crippen molar-refractivity contribution in [1.82, 2.24) is 4.90 Å². The van der Waals surface area contributed by atoms with Gasteiger partial charge in [-0.1, -0.05) is 32.9 Å². The molecule has 0 saturated carbocycles. The van der Waals surface area contributed by atoms with E-state index in [1.807, 2.05) is 12.1 Å². The van der Waals surface area contributed by atoms with Gasteiger partial charge in [-0.25, -0.2) is 9.59 Å². The summed E-state index contributed by atoms with van der Waals surface area (Å²) in [4.78, 5) is 39.9. The fourth-order valence-electron chi connectivity index (χ4n) is 4.80. The van der Waals surface area contributed by atoms with Crippen molar-refractivity contribution in [3.8, 4) is 0 Å². The lowest BCUT2D eigenvalue weighted by molar-refractivity contribution is -0.137. The number of benzene rings is 3. The number of alkyl halides is 3. The van der Waals surface area contributed by atoms with Gasteiger partial charge in [-0.05, 0) is 78.4 Å². The molecule has 1 unspecified atom stereocenters. The molecule has 3 N–H and O–H groups in total. The van der Waals surface area contributed by atoms with Crippen molar-refractivity contribution in [3.63, 3.8) is 0 Å². The van der Waals surface area contributed by atoms with Crippen molar-refractivity contribution in [3.05, 3.63) is 89.0 Å². The van der Waals surface area contributed by atoms with Crippen LogP contribution in [0, 0.1) is 0 Å². The number of urea groups is 1. The molecule has 1 saturated heterocycles. The second-order valence-corrected chi connectivity index (χ2v) is 11.5. The van der Waals surface area contributed by atoms with Gasteiger partial charge >= 0.3 is 18.2 Å². The second-order valence-electron chi connectivity index (χ2n) is 11.5. The largest absolute Gasteiger partial charge is 0.465 e. The molecule has 43 heavy (non-hydrogen) atoms. The van der Waals surface area contributed by atoms with Gasteiger partial charge in [-0.2, -0.15) is 13.2 Å². The zero-order valence-electron chi connectivity index (χ0n) is 24.5. The summed E-state index contributed by atoms with van der Waals surface area (Å²) >= 11 is 0. The maximum Gasteiger partial charge on any atom is 0.416 e. The van der Waals surface area contributed by atoms with E-state index >= 15 is 0 Å². The predicted molar refractivity (Wildman–Crippen MR) is 160 cm³/mol. The van der Waals surface area contributed by atoms with Gasteiger partial charge in [0.1, 0.15) is 0 Å². The molecule has 1 aliphatic rings. The number of esters is 1. The van der Waals surface area contributed by atoms with Crippen LogP contribution in [0.2, 0.25) is 0 Å². The third kappa shape index (κ3) is 8.06. The van der Waals surface area contributed by atoms with Gasteiger partial charge in [0, 0.05) is 36.1 Å². The third-order valence-electron chi connectivity index (χ3n) is 7.23. The van der Waals surface area contributed by atoms with Crippen molar-refractivity contribution in [2.75, 3.05) is 36.1 Å². The van der Waals surface area contributed by atoms with Gasteiger partial charge in [0.25, 0.3) is 5.91 Å². The number of nitrogens with one attached hydrogen (secondary N) is 3. The van der Waals surface area contributed by atoms with Gasteiger partial charge in [0.2, 0.25) is 0 Å². The number of nitrogens with zero attached hydrogens (tertiary/aromatic N) is 1. The third-order valence-corrected chi connectivity index (χ3v) is 7.23. The highest BCUT2D eigenvalue weighted by atomic mass is 19.4. The Morgan fingerprint density at radius 3 is 2.09 bits per heavy atom. The molecule has 8 nitrogen and oxygen atoms in total. The Bertz CT molecular complexity index is 1470. The molecule has 0 aliphatic carbocycles. The lowest BCUT2D eigenvalue weighted by Crippen LogP contribution is -2.47. The minimum Gasteiger partial charge on any atom is -0.465 e. The number of carbonyl (C=O) groups excluding carboxylic acids is 3. The molecule has 3 aromatic carbocycles. The van der Waals surface area contributed by atoms with Crippen LogP contribution in [0.5, 0.6) is 0 Å². The van der Waals surface area contributed by atoms with E-state index in [0.717, 1.165) is 17.7 Å². The molecule has 1 atom stereocenters. The molecule has 11 heteroatoms. The Morgan fingerprint density at radius 2 is 1.49 bits per heavy atom. The molecule has 0 aromatic heterocycles. The molecule has 228 valence electrons. The summed E-state index contributed by atoms with van der Waals surface area (Å²) in [5.41, 5.74) is 2.16. The van der Waals surface area contributed by atoms with E-state index < -0.39 is 23.7 Å². The van der Waals surface area contributed by atoms with Crippen LogP contribution >= 0.6 is 0 Å². The summed E-state index contributed by atoms with van der Waals surface area (Å²) in [5, 5.41) is 8.83. The minimum atomic E-state index is -4.46. The molecule has 1 fully saturated rings. The van der Waals surface area contributed by atoms with Gasteiger partial charge in [-0.3, -0.25) is 4.79 Å². The summed E-state index contributed by atoms with van der Waals surface area (Å²) in [6.45, 7) is 7.02. The SMILES string of the molecule is COC(=O)c1ccc(NC(=O)c2ccc(C(C)(C)C)cc2)cc1NC1CCCN(C(=O)Nc2ccc(C(F)(F)F)cc2)C1. The first-order valence-electron chi connectivity index (χ1n) is 13.9. The Hall–Kier alpha value is -4.54. The number of ether oxygens (including phenoxy) is 1. The molecule has 1 aliphatic heterocycles. The average molecular weight is 597 g/mol. The van der Waals surface area contributed by atoms with E-state index in [2.05, 4.69) is 36.7 Å². The number of likely N-dealkylation sites (tertiary alicyclic amines) is 1. The fraction of sp³-hybridized carbons (Fsp3) is 0.344. The van der Waals surface area contributed by atoms with Crippen LogP contribution in [0.25, 0.3) is 0 Å². The maximum absolute atomic E-state index is 13.0. The number of amides is 3. The van der Waals surface area contributed by atoms with E-state index in [0.29, 0.717) is 36.3 Å². The van der Waals surface area contributed by atoms with Crippen LogP contribution in [-0.2, 0) is 16.3 Å². The fourth-order valence-corrected chi connectivity index (χ4v) is 4.80. The molecule has 0 radical (unpaired) electrons. The average Bonchev–Trinajstić information content (AvgIpc) is 2.96. The van der Waals surface area contributed by atoms with Crippen molar-refractivity contribution in [1.29, 1.82) is 0 Å². The Labute approximate surface area is 248 Å². The minimum absolute atomic E-state index is 0.0448. The van der Waals surface area contributed by atoms with Crippen LogP contribution in [-0.4, -0.2) is 49.0 Å². The molecule has 1 heterocycles. The normalized spacial score (nSPS) is 15.4. The van der Waals surface area contributed by atoms with Crippen LogP contribution in [0.1, 0.15) is 65.5 Å². The lowest BCUT2D eigenvalue weighted by atomic mass is 9.87. The van der Waals surface area contributed by atoms with Crippen molar-refractivity contribution < 1.29 is 32.3 Å². The summed E-state index contributed by atoms with van der Waals surface area (Å²) in [5.74, 6) is -0.869. The van der Waals surface area contributed by atoms with Crippen LogP contribution < -0.4 is 16.0 Å². The highest BCUT2D eigenvalue weighted by Gasteiger charge is 2.30. The highest BCUT2D eigenvalue weighted by Crippen LogP contribution is 2.30. The lowest BCUT2D eigenvalue weighted by Gasteiger charge is -2.34. The summed E-state index contributed by atoms with van der Waals surface area (Å²) < 4.78 is 43.5. The van der Waals surface area contributed by atoms with Crippen molar-refractivity contribution in [2.45, 2.75) is 51.2 Å². The van der Waals surface area contributed by atoms with E-state index in [9.17, 15) is 27.6 Å². The first kappa shape index (κ1) is 31.4. The number of piperidine rings is 1. The zero-order chi connectivity index (χ0) is 31.4. The Balaban J connectivity index is 1.45. The maximum atomic E-state index is 13.0. The summed E-state index contributed by atoms with van der Waals surface area (Å²) in [7, 11) is 1.27. The molecule has 4 rings (SSSR count). The van der Waals surface area contributed by atoms with Gasteiger partial charge < -0.3 is 25.6 Å². The molecule has 0 spiro atoms. The first-order valence-corrected chi connectivity index (χ1v) is 13.9.